The van der Waals surface area contributed by atoms with E-state index in [0.29, 0.717) is 12.3 Å². The van der Waals surface area contributed by atoms with Crippen molar-refractivity contribution in [1.29, 1.82) is 0 Å². The number of ether oxygens (including phenoxy) is 1. The van der Waals surface area contributed by atoms with Gasteiger partial charge in [-0.15, -0.1) is 11.6 Å². The predicted molar refractivity (Wildman–Crippen MR) is 103 cm³/mol. The highest BCUT2D eigenvalue weighted by molar-refractivity contribution is 6.18. The lowest BCUT2D eigenvalue weighted by Gasteiger charge is -2.57. The summed E-state index contributed by atoms with van der Waals surface area (Å²) in [5, 5.41) is 13.6. The molecule has 7 heteroatoms. The molecule has 2 heterocycles. The maximum Gasteiger partial charge on any atom is 0.254 e. The largest absolute Gasteiger partial charge is 0.497 e. The number of nitrogens with one attached hydrogen (secondary N) is 1. The molecule has 2 N–H and O–H groups in total. The number of likely N-dealkylation sites (tertiary alicyclic amines) is 1. The van der Waals surface area contributed by atoms with Crippen molar-refractivity contribution in [2.75, 3.05) is 13.0 Å². The highest BCUT2D eigenvalue weighted by Crippen LogP contribution is 2.49. The zero-order chi connectivity index (χ0) is 19.9. The van der Waals surface area contributed by atoms with E-state index in [1.807, 2.05) is 45.0 Å². The average molecular weight is 395 g/mol. The summed E-state index contributed by atoms with van der Waals surface area (Å²) >= 11 is 5.93. The molecule has 0 unspecified atom stereocenters. The lowest BCUT2D eigenvalue weighted by molar-refractivity contribution is -0.180. The summed E-state index contributed by atoms with van der Waals surface area (Å²) in [5.41, 5.74) is -0.302. The molecule has 1 aromatic carbocycles. The van der Waals surface area contributed by atoms with Crippen LogP contribution in [0.1, 0.15) is 38.8 Å². The average Bonchev–Trinajstić information content (AvgIpc) is 2.91. The number of alkyl halides is 1. The van der Waals surface area contributed by atoms with Crippen LogP contribution in [0.4, 0.5) is 0 Å². The molecule has 27 heavy (non-hydrogen) atoms. The van der Waals surface area contributed by atoms with Crippen molar-refractivity contribution >= 4 is 23.4 Å². The van der Waals surface area contributed by atoms with Gasteiger partial charge < -0.3 is 20.1 Å². The van der Waals surface area contributed by atoms with E-state index in [-0.39, 0.29) is 23.8 Å². The molecule has 2 fully saturated rings. The summed E-state index contributed by atoms with van der Waals surface area (Å²) in [4.78, 5) is 27.6. The van der Waals surface area contributed by atoms with Gasteiger partial charge in [0, 0.05) is 5.88 Å². The van der Waals surface area contributed by atoms with Crippen LogP contribution in [0.25, 0.3) is 0 Å². The highest BCUT2D eigenvalue weighted by Gasteiger charge is 2.73. The molecule has 2 aliphatic rings. The quantitative estimate of drug-likeness (QED) is 0.548. The van der Waals surface area contributed by atoms with Gasteiger partial charge in [-0.2, -0.15) is 0 Å². The molecule has 2 amide bonds. The van der Waals surface area contributed by atoms with Gasteiger partial charge in [0.1, 0.15) is 5.75 Å². The molecule has 1 aromatic rings. The number of hydrogen-bond acceptors (Lipinski definition) is 4. The Balaban J connectivity index is 1.96. The van der Waals surface area contributed by atoms with E-state index < -0.39 is 23.6 Å². The Kier molecular flexibility index (Phi) is 5.41. The standard InChI is InChI=1S/C20H27ClN2O4/c1-11(2)17(24)20-16(15(9-10-21)18(25)22-20)23(19(20)26)12(3)13-5-7-14(27-4)8-6-13/h5-8,11-12,15-17,24H,9-10H2,1-4H3,(H,22,25)/t12-,15+,16-,17-,20-/m0/s1. The minimum Gasteiger partial charge on any atom is -0.497 e. The Hall–Kier alpha value is -1.79. The Labute approximate surface area is 164 Å². The molecule has 0 spiro atoms. The van der Waals surface area contributed by atoms with E-state index in [9.17, 15) is 14.7 Å². The number of benzene rings is 1. The molecule has 0 bridgehead atoms. The van der Waals surface area contributed by atoms with Gasteiger partial charge in [0.2, 0.25) is 5.91 Å². The van der Waals surface area contributed by atoms with Crippen LogP contribution in [-0.4, -0.2) is 52.5 Å². The van der Waals surface area contributed by atoms with Crippen LogP contribution in [0.2, 0.25) is 0 Å². The van der Waals surface area contributed by atoms with Crippen LogP contribution in [0.5, 0.6) is 5.75 Å². The summed E-state index contributed by atoms with van der Waals surface area (Å²) in [6.07, 6.45) is -0.484. The maximum atomic E-state index is 13.2. The smallest absolute Gasteiger partial charge is 0.254 e. The number of fused-ring (bicyclic) bond motifs is 1. The van der Waals surface area contributed by atoms with E-state index in [1.54, 1.807) is 12.0 Å². The number of rotatable bonds is 7. The fraction of sp³-hybridized carbons (Fsp3) is 0.600. The maximum absolute atomic E-state index is 13.2. The molecule has 2 saturated heterocycles. The van der Waals surface area contributed by atoms with Crippen LogP contribution >= 0.6 is 11.6 Å². The zero-order valence-electron chi connectivity index (χ0n) is 16.1. The van der Waals surface area contributed by atoms with Gasteiger partial charge >= 0.3 is 0 Å². The van der Waals surface area contributed by atoms with Gasteiger partial charge in [-0.1, -0.05) is 26.0 Å². The topological polar surface area (TPSA) is 78.9 Å². The molecule has 148 valence electrons. The number of β-lactam (4-membered cyclic amide) rings is 1. The monoisotopic (exact) mass is 394 g/mol. The van der Waals surface area contributed by atoms with Crippen molar-refractivity contribution in [3.05, 3.63) is 29.8 Å². The fourth-order valence-electron chi connectivity index (χ4n) is 4.47. The number of nitrogens with zero attached hydrogens (tertiary/aromatic N) is 1. The van der Waals surface area contributed by atoms with Crippen molar-refractivity contribution in [3.8, 4) is 5.75 Å². The van der Waals surface area contributed by atoms with Gasteiger partial charge in [-0.3, -0.25) is 9.59 Å². The van der Waals surface area contributed by atoms with Crippen molar-refractivity contribution in [3.63, 3.8) is 0 Å². The molecule has 0 aliphatic carbocycles. The van der Waals surface area contributed by atoms with Crippen molar-refractivity contribution in [1.82, 2.24) is 10.2 Å². The van der Waals surface area contributed by atoms with E-state index in [2.05, 4.69) is 5.32 Å². The van der Waals surface area contributed by atoms with Gasteiger partial charge in [0.25, 0.3) is 5.91 Å². The number of aliphatic hydroxyl groups is 1. The first-order chi connectivity index (χ1) is 12.8. The Bertz CT molecular complexity index is 723. The van der Waals surface area contributed by atoms with Crippen LogP contribution in [0.3, 0.4) is 0 Å². The van der Waals surface area contributed by atoms with E-state index in [4.69, 9.17) is 16.3 Å². The van der Waals surface area contributed by atoms with Gasteiger partial charge in [0.15, 0.2) is 5.54 Å². The van der Waals surface area contributed by atoms with Crippen LogP contribution < -0.4 is 10.1 Å². The third-order valence-corrected chi connectivity index (χ3v) is 6.15. The summed E-state index contributed by atoms with van der Waals surface area (Å²) in [7, 11) is 1.60. The SMILES string of the molecule is COc1ccc([C@H](C)N2C(=O)[C@]3([C@@H](O)C(C)C)NC(=O)[C@H](CCCl)[C@H]23)cc1. The lowest BCUT2D eigenvalue weighted by atomic mass is 9.68. The van der Waals surface area contributed by atoms with Crippen molar-refractivity contribution in [2.45, 2.75) is 50.9 Å². The van der Waals surface area contributed by atoms with Gasteiger partial charge in [-0.25, -0.2) is 0 Å². The number of halogens is 1. The molecule has 0 saturated carbocycles. The summed E-state index contributed by atoms with van der Waals surface area (Å²) in [6, 6.07) is 6.88. The second-order valence-corrected chi connectivity index (χ2v) is 8.12. The van der Waals surface area contributed by atoms with Crippen molar-refractivity contribution < 1.29 is 19.4 Å². The molecular weight excluding hydrogens is 368 g/mol. The molecule has 2 aliphatic heterocycles. The third-order valence-electron chi connectivity index (χ3n) is 5.94. The predicted octanol–water partition coefficient (Wildman–Crippen LogP) is 2.10. The number of carbonyl (C=O) groups is 2. The van der Waals surface area contributed by atoms with Gasteiger partial charge in [0.05, 0.1) is 31.2 Å². The van der Waals surface area contributed by atoms with E-state index in [0.717, 1.165) is 11.3 Å². The van der Waals surface area contributed by atoms with Gasteiger partial charge in [-0.05, 0) is 37.0 Å². The lowest BCUT2D eigenvalue weighted by Crippen LogP contribution is -2.81. The summed E-state index contributed by atoms with van der Waals surface area (Å²) in [6.45, 7) is 5.63. The third kappa shape index (κ3) is 2.90. The Morgan fingerprint density at radius 1 is 1.26 bits per heavy atom. The van der Waals surface area contributed by atoms with Crippen LogP contribution in [0, 0.1) is 11.8 Å². The van der Waals surface area contributed by atoms with E-state index >= 15 is 0 Å². The minimum atomic E-state index is -1.25. The number of amides is 2. The molecule has 3 rings (SSSR count). The van der Waals surface area contributed by atoms with Crippen LogP contribution in [-0.2, 0) is 9.59 Å². The molecule has 6 nitrogen and oxygen atoms in total. The second-order valence-electron chi connectivity index (χ2n) is 7.74. The number of aliphatic hydroxyl groups excluding tert-OH is 1. The first kappa shape index (κ1) is 20.0. The highest BCUT2D eigenvalue weighted by atomic mass is 35.5. The molecule has 0 radical (unpaired) electrons. The normalized spacial score (nSPS) is 29.2. The van der Waals surface area contributed by atoms with Crippen LogP contribution in [0.15, 0.2) is 24.3 Å². The number of carbonyl (C=O) groups excluding carboxylic acids is 2. The second kappa shape index (κ2) is 7.32. The minimum absolute atomic E-state index is 0.162. The van der Waals surface area contributed by atoms with E-state index in [1.165, 1.54) is 0 Å². The summed E-state index contributed by atoms with van der Waals surface area (Å²) in [5.74, 6) is 0.0319. The first-order valence-corrected chi connectivity index (χ1v) is 9.85. The fourth-order valence-corrected chi connectivity index (χ4v) is 4.70. The molecule has 5 atom stereocenters. The number of methoxy groups -OCH3 is 1. The Morgan fingerprint density at radius 2 is 1.89 bits per heavy atom. The zero-order valence-corrected chi connectivity index (χ0v) is 16.9. The molecule has 0 aromatic heterocycles. The Morgan fingerprint density at radius 3 is 2.41 bits per heavy atom. The molecular formula is C20H27ClN2O4. The van der Waals surface area contributed by atoms with Crippen molar-refractivity contribution in [2.24, 2.45) is 11.8 Å². The number of hydrogen-bond donors (Lipinski definition) is 2. The summed E-state index contributed by atoms with van der Waals surface area (Å²) < 4.78 is 5.19. The first-order valence-electron chi connectivity index (χ1n) is 9.32.